The minimum absolute atomic E-state index is 0.00206. The molecule has 9 atom stereocenters. The Labute approximate surface area is 148 Å². The van der Waals surface area contributed by atoms with Gasteiger partial charge in [0.25, 0.3) is 0 Å². The average Bonchev–Trinajstić information content (AvgIpc) is 3.15. The van der Waals surface area contributed by atoms with E-state index in [4.69, 9.17) is 9.47 Å². The number of esters is 1. The maximum atomic E-state index is 12.5. The summed E-state index contributed by atoms with van der Waals surface area (Å²) < 4.78 is 12.6. The molecule has 2 aliphatic carbocycles. The molecule has 4 heterocycles. The highest BCUT2D eigenvalue weighted by molar-refractivity contribution is 5.77. The lowest BCUT2D eigenvalue weighted by molar-refractivity contribution is -0.230. The SMILES string of the molecule is C[C@H](O)[C@@H]1C(=O)O[C@@H]2[C@H]1C1=CCCN3CCC[C@]14[C@H]2C[C@H]1CO[C@@]34C1. The quantitative estimate of drug-likeness (QED) is 0.579. The molecule has 5 fully saturated rings. The molecule has 4 aliphatic heterocycles. The number of aliphatic hydroxyl groups excluding tert-OH is 1. The van der Waals surface area contributed by atoms with Crippen LogP contribution in [-0.2, 0) is 14.3 Å². The molecule has 1 unspecified atom stereocenters. The standard InChI is InChI=1S/C20H27NO4/c1-11(22)15-16-13-4-2-6-21-7-3-5-19(13)14(17(16)25-18(15)23)8-12-9-20(19,21)24-10-12/h4,11-12,14-17,22H,2-3,5-10H2,1H3/t11-,12+,14-,15-,16-,17-,19+,20+/m0/s1. The van der Waals surface area contributed by atoms with E-state index in [1.54, 1.807) is 6.92 Å². The summed E-state index contributed by atoms with van der Waals surface area (Å²) in [5.74, 6) is 0.404. The summed E-state index contributed by atoms with van der Waals surface area (Å²) in [6.45, 7) is 4.78. The third kappa shape index (κ3) is 1.52. The Kier molecular flexibility index (Phi) is 2.84. The Hall–Kier alpha value is -0.910. The summed E-state index contributed by atoms with van der Waals surface area (Å²) in [5.41, 5.74) is 1.22. The predicted octanol–water partition coefficient (Wildman–Crippen LogP) is 1.70. The number of carbonyl (C=O) groups is 1. The van der Waals surface area contributed by atoms with Crippen molar-refractivity contribution in [2.24, 2.45) is 29.1 Å². The van der Waals surface area contributed by atoms with E-state index >= 15 is 0 Å². The number of fused-ring (bicyclic) bond motifs is 4. The van der Waals surface area contributed by atoms with Crippen LogP contribution in [0.15, 0.2) is 11.6 Å². The molecule has 4 bridgehead atoms. The molecule has 25 heavy (non-hydrogen) atoms. The smallest absolute Gasteiger partial charge is 0.312 e. The zero-order valence-electron chi connectivity index (χ0n) is 14.8. The Morgan fingerprint density at radius 2 is 2.28 bits per heavy atom. The van der Waals surface area contributed by atoms with Crippen molar-refractivity contribution in [3.05, 3.63) is 11.6 Å². The van der Waals surface area contributed by atoms with Crippen LogP contribution in [-0.4, -0.2) is 53.6 Å². The number of piperidine rings is 1. The lowest BCUT2D eigenvalue weighted by atomic mass is 9.55. The van der Waals surface area contributed by atoms with E-state index in [0.29, 0.717) is 11.8 Å². The number of ether oxygens (including phenoxy) is 2. The first-order valence-electron chi connectivity index (χ1n) is 10.1. The molecule has 0 aromatic heterocycles. The Morgan fingerprint density at radius 1 is 1.40 bits per heavy atom. The fraction of sp³-hybridized carbons (Fsp3) is 0.850. The first-order chi connectivity index (χ1) is 12.1. The summed E-state index contributed by atoms with van der Waals surface area (Å²) in [5, 5.41) is 10.4. The summed E-state index contributed by atoms with van der Waals surface area (Å²) in [4.78, 5) is 15.2. The van der Waals surface area contributed by atoms with Crippen LogP contribution >= 0.6 is 0 Å². The number of nitrogens with zero attached hydrogens (tertiary/aromatic N) is 1. The minimum atomic E-state index is -0.656. The molecular formula is C20H27NO4. The van der Waals surface area contributed by atoms with Crippen LogP contribution in [0.5, 0.6) is 0 Å². The summed E-state index contributed by atoms with van der Waals surface area (Å²) >= 11 is 0. The number of carbonyl (C=O) groups excluding carboxylic acids is 1. The summed E-state index contributed by atoms with van der Waals surface area (Å²) in [6.07, 6.45) is 7.28. The largest absolute Gasteiger partial charge is 0.461 e. The van der Waals surface area contributed by atoms with Crippen molar-refractivity contribution in [1.29, 1.82) is 0 Å². The van der Waals surface area contributed by atoms with Crippen LogP contribution in [0.3, 0.4) is 0 Å². The van der Waals surface area contributed by atoms with E-state index in [9.17, 15) is 9.90 Å². The Bertz CT molecular complexity index is 675. The maximum absolute atomic E-state index is 12.5. The molecule has 3 saturated heterocycles. The van der Waals surface area contributed by atoms with Crippen molar-refractivity contribution in [2.45, 2.75) is 57.0 Å². The van der Waals surface area contributed by atoms with Crippen molar-refractivity contribution in [1.82, 2.24) is 4.90 Å². The number of hydrogen-bond donors (Lipinski definition) is 1. The van der Waals surface area contributed by atoms with Crippen molar-refractivity contribution >= 4 is 5.97 Å². The van der Waals surface area contributed by atoms with Crippen LogP contribution in [0.1, 0.15) is 39.0 Å². The highest BCUT2D eigenvalue weighted by Crippen LogP contribution is 2.73. The van der Waals surface area contributed by atoms with Gasteiger partial charge in [-0.3, -0.25) is 9.69 Å². The maximum Gasteiger partial charge on any atom is 0.312 e. The van der Waals surface area contributed by atoms with Crippen LogP contribution in [0, 0.1) is 29.1 Å². The average molecular weight is 345 g/mol. The molecule has 2 saturated carbocycles. The van der Waals surface area contributed by atoms with Crippen molar-refractivity contribution < 1.29 is 19.4 Å². The molecule has 0 aromatic rings. The third-order valence-corrected chi connectivity index (χ3v) is 8.37. The molecule has 0 radical (unpaired) electrons. The topological polar surface area (TPSA) is 59.0 Å². The normalized spacial score (nSPS) is 56.6. The van der Waals surface area contributed by atoms with Gasteiger partial charge in [0.05, 0.1) is 18.6 Å². The molecule has 0 aromatic carbocycles. The van der Waals surface area contributed by atoms with Gasteiger partial charge in [-0.2, -0.15) is 0 Å². The zero-order chi connectivity index (χ0) is 17.0. The second kappa shape index (κ2) is 4.68. The molecule has 1 N–H and O–H groups in total. The van der Waals surface area contributed by atoms with Crippen molar-refractivity contribution in [2.75, 3.05) is 19.7 Å². The van der Waals surface area contributed by atoms with Gasteiger partial charge in [0.1, 0.15) is 11.8 Å². The second-order valence-corrected chi connectivity index (χ2v) is 9.21. The van der Waals surface area contributed by atoms with Gasteiger partial charge in [0.15, 0.2) is 0 Å². The summed E-state index contributed by atoms with van der Waals surface area (Å²) in [6, 6.07) is 0. The first kappa shape index (κ1) is 15.2. The Balaban J connectivity index is 1.58. The molecule has 5 nitrogen and oxygen atoms in total. The lowest BCUT2D eigenvalue weighted by Gasteiger charge is -2.60. The van der Waals surface area contributed by atoms with Gasteiger partial charge in [-0.05, 0) is 44.9 Å². The minimum Gasteiger partial charge on any atom is -0.461 e. The molecule has 6 aliphatic rings. The Morgan fingerprint density at radius 3 is 3.12 bits per heavy atom. The summed E-state index contributed by atoms with van der Waals surface area (Å²) in [7, 11) is 0. The van der Waals surface area contributed by atoms with Gasteiger partial charge < -0.3 is 14.6 Å². The van der Waals surface area contributed by atoms with Gasteiger partial charge in [0.2, 0.25) is 0 Å². The number of rotatable bonds is 1. The first-order valence-corrected chi connectivity index (χ1v) is 10.1. The predicted molar refractivity (Wildman–Crippen MR) is 89.4 cm³/mol. The highest BCUT2D eigenvalue weighted by atomic mass is 16.6. The van der Waals surface area contributed by atoms with Crippen LogP contribution in [0.25, 0.3) is 0 Å². The second-order valence-electron chi connectivity index (χ2n) is 9.21. The third-order valence-electron chi connectivity index (χ3n) is 8.37. The number of aliphatic hydroxyl groups is 1. The fourth-order valence-electron chi connectivity index (χ4n) is 7.81. The van der Waals surface area contributed by atoms with E-state index in [-0.39, 0.29) is 29.1 Å². The van der Waals surface area contributed by atoms with E-state index in [1.165, 1.54) is 12.0 Å². The zero-order valence-corrected chi connectivity index (χ0v) is 14.8. The monoisotopic (exact) mass is 345 g/mol. The van der Waals surface area contributed by atoms with Crippen molar-refractivity contribution in [3.63, 3.8) is 0 Å². The van der Waals surface area contributed by atoms with Crippen LogP contribution in [0.2, 0.25) is 0 Å². The van der Waals surface area contributed by atoms with E-state index in [2.05, 4.69) is 11.0 Å². The lowest BCUT2D eigenvalue weighted by Crippen LogP contribution is -2.66. The van der Waals surface area contributed by atoms with Crippen molar-refractivity contribution in [3.8, 4) is 0 Å². The highest BCUT2D eigenvalue weighted by Gasteiger charge is 2.77. The van der Waals surface area contributed by atoms with Gasteiger partial charge >= 0.3 is 5.97 Å². The van der Waals surface area contributed by atoms with E-state index < -0.39 is 12.0 Å². The number of hydrogen-bond acceptors (Lipinski definition) is 5. The molecule has 136 valence electrons. The van der Waals surface area contributed by atoms with Gasteiger partial charge in [-0.25, -0.2) is 0 Å². The fourth-order valence-corrected chi connectivity index (χ4v) is 7.81. The molecular weight excluding hydrogens is 318 g/mol. The van der Waals surface area contributed by atoms with Gasteiger partial charge in [-0.15, -0.1) is 0 Å². The molecule has 5 heteroatoms. The van der Waals surface area contributed by atoms with Crippen LogP contribution < -0.4 is 0 Å². The molecule has 2 spiro atoms. The van der Waals surface area contributed by atoms with Gasteiger partial charge in [0, 0.05) is 30.3 Å². The molecule has 0 amide bonds. The van der Waals surface area contributed by atoms with Gasteiger partial charge in [-0.1, -0.05) is 11.6 Å². The van der Waals surface area contributed by atoms with Crippen LogP contribution in [0.4, 0.5) is 0 Å². The van der Waals surface area contributed by atoms with E-state index in [1.807, 2.05) is 0 Å². The molecule has 6 rings (SSSR count). The van der Waals surface area contributed by atoms with E-state index in [0.717, 1.165) is 45.4 Å².